The number of rotatable bonds is 8. The maximum atomic E-state index is 12.9. The molecular weight excluding hydrogens is 376 g/mol. The van der Waals surface area contributed by atoms with Crippen LogP contribution >= 0.6 is 11.8 Å². The van der Waals surface area contributed by atoms with Gasteiger partial charge in [0.15, 0.2) is 5.78 Å². The summed E-state index contributed by atoms with van der Waals surface area (Å²) in [5, 5.41) is 14.5. The molecule has 1 aliphatic carbocycles. The fraction of sp³-hybridized carbons (Fsp3) is 0.520. The zero-order chi connectivity index (χ0) is 20.8. The highest BCUT2D eigenvalue weighted by atomic mass is 32.2. The van der Waals surface area contributed by atoms with Crippen molar-refractivity contribution in [2.75, 3.05) is 5.75 Å². The lowest BCUT2D eigenvalue weighted by Gasteiger charge is -2.33. The van der Waals surface area contributed by atoms with E-state index in [1.807, 2.05) is 0 Å². The second kappa shape index (κ2) is 10.2. The number of ketones is 1. The molecule has 29 heavy (non-hydrogen) atoms. The third-order valence-corrected chi connectivity index (χ3v) is 6.95. The number of nitrogens with one attached hydrogen (secondary N) is 1. The van der Waals surface area contributed by atoms with Crippen molar-refractivity contribution in [2.45, 2.75) is 77.6 Å². The van der Waals surface area contributed by atoms with Crippen molar-refractivity contribution >= 4 is 17.5 Å². The molecule has 1 heterocycles. The molecule has 1 aromatic carbocycles. The number of carbonyl (C=O) groups excluding carboxylic acids is 1. The summed E-state index contributed by atoms with van der Waals surface area (Å²) >= 11 is 1.74. The van der Waals surface area contributed by atoms with Crippen LogP contribution in [0, 0.1) is 11.3 Å². The van der Waals surface area contributed by atoms with E-state index in [1.165, 1.54) is 24.8 Å². The number of hydrogen-bond donors (Lipinski definition) is 1. The molecule has 0 amide bonds. The number of hydrogen-bond acceptors (Lipinski definition) is 4. The largest absolute Gasteiger partial charge is 0.352 e. The van der Waals surface area contributed by atoms with Gasteiger partial charge in [-0.1, -0.05) is 64.3 Å². The second-order valence-corrected chi connectivity index (χ2v) is 9.42. The van der Waals surface area contributed by atoms with Crippen molar-refractivity contribution in [3.05, 3.63) is 57.3 Å². The van der Waals surface area contributed by atoms with Gasteiger partial charge in [0.25, 0.3) is 0 Å². The van der Waals surface area contributed by atoms with Crippen LogP contribution in [0.3, 0.4) is 0 Å². The van der Waals surface area contributed by atoms with Crippen molar-refractivity contribution in [2.24, 2.45) is 0 Å². The Balaban J connectivity index is 1.94. The maximum absolute atomic E-state index is 12.9. The maximum Gasteiger partial charge on any atom is 0.161 e. The monoisotopic (exact) mass is 408 g/mol. The Hall–Kier alpha value is -1.99. The van der Waals surface area contributed by atoms with E-state index in [4.69, 9.17) is 0 Å². The van der Waals surface area contributed by atoms with Crippen LogP contribution < -0.4 is 5.32 Å². The summed E-state index contributed by atoms with van der Waals surface area (Å²) in [4.78, 5) is 12.9. The van der Waals surface area contributed by atoms with Crippen LogP contribution in [0.1, 0.15) is 88.7 Å². The van der Waals surface area contributed by atoms with E-state index in [1.54, 1.807) is 11.8 Å². The van der Waals surface area contributed by atoms with Crippen LogP contribution in [0.4, 0.5) is 0 Å². The standard InChI is InChI=1S/C25H32N2OS/c1-4-5-6-7-15-29-25-20(16-26)23(19-13-11-18(12-14-19)17(2)3)24-21(27-25)9-8-10-22(24)28/h11-14,17,23,27H,4-10,15H2,1-3H3/t23-/m0/s1. The molecule has 0 spiro atoms. The molecule has 3 nitrogen and oxygen atoms in total. The first-order chi connectivity index (χ1) is 14.1. The number of allylic oxidation sites excluding steroid dienone is 3. The average molecular weight is 409 g/mol. The summed E-state index contributed by atoms with van der Waals surface area (Å²) in [6, 6.07) is 11.0. The first kappa shape index (κ1) is 21.7. The van der Waals surface area contributed by atoms with Gasteiger partial charge in [-0.05, 0) is 42.1 Å². The summed E-state index contributed by atoms with van der Waals surface area (Å²) in [5.74, 6) is 1.42. The SMILES string of the molecule is CCCCCCSC1=C(C#N)[C@H](c2ccc(C(C)C)cc2)C2=C(CCCC2=O)N1. The van der Waals surface area contributed by atoms with E-state index < -0.39 is 0 Å². The van der Waals surface area contributed by atoms with Crippen molar-refractivity contribution in [1.29, 1.82) is 5.26 Å². The lowest BCUT2D eigenvalue weighted by Crippen LogP contribution is -2.31. The third-order valence-electron chi connectivity index (χ3n) is 5.84. The number of dihydropyridines is 1. The first-order valence-electron chi connectivity index (χ1n) is 11.0. The molecule has 0 bridgehead atoms. The van der Waals surface area contributed by atoms with E-state index in [0.717, 1.165) is 46.9 Å². The van der Waals surface area contributed by atoms with Crippen molar-refractivity contribution in [1.82, 2.24) is 5.32 Å². The van der Waals surface area contributed by atoms with Crippen LogP contribution in [0.25, 0.3) is 0 Å². The number of benzene rings is 1. The molecule has 0 saturated carbocycles. The second-order valence-electron chi connectivity index (χ2n) is 8.31. The summed E-state index contributed by atoms with van der Waals surface area (Å²) in [7, 11) is 0. The normalized spacial score (nSPS) is 19.3. The molecule has 0 radical (unpaired) electrons. The van der Waals surface area contributed by atoms with Gasteiger partial charge >= 0.3 is 0 Å². The molecule has 1 aliphatic heterocycles. The van der Waals surface area contributed by atoms with Gasteiger partial charge in [0.05, 0.1) is 22.6 Å². The number of nitrogens with zero attached hydrogens (tertiary/aromatic N) is 1. The van der Waals surface area contributed by atoms with Crippen LogP contribution in [0.5, 0.6) is 0 Å². The molecule has 154 valence electrons. The minimum Gasteiger partial charge on any atom is -0.352 e. The minimum absolute atomic E-state index is 0.191. The van der Waals surface area contributed by atoms with Crippen molar-refractivity contribution in [3.63, 3.8) is 0 Å². The smallest absolute Gasteiger partial charge is 0.161 e. The Morgan fingerprint density at radius 3 is 2.59 bits per heavy atom. The van der Waals surface area contributed by atoms with Crippen LogP contribution in [-0.4, -0.2) is 11.5 Å². The van der Waals surface area contributed by atoms with Gasteiger partial charge in [-0.3, -0.25) is 4.79 Å². The fourth-order valence-corrected chi connectivity index (χ4v) is 5.21. The highest BCUT2D eigenvalue weighted by Gasteiger charge is 2.36. The van der Waals surface area contributed by atoms with E-state index in [-0.39, 0.29) is 11.7 Å². The summed E-state index contributed by atoms with van der Waals surface area (Å²) in [5.41, 5.74) is 4.89. The number of carbonyl (C=O) groups is 1. The third kappa shape index (κ3) is 4.95. The highest BCUT2D eigenvalue weighted by Crippen LogP contribution is 2.44. The Labute approximate surface area is 179 Å². The topological polar surface area (TPSA) is 52.9 Å². The van der Waals surface area contributed by atoms with Gasteiger partial charge in [-0.25, -0.2) is 0 Å². The van der Waals surface area contributed by atoms with Gasteiger partial charge in [-0.2, -0.15) is 5.26 Å². The molecule has 2 aliphatic rings. The summed E-state index contributed by atoms with van der Waals surface area (Å²) in [6.07, 6.45) is 7.22. The average Bonchev–Trinajstić information content (AvgIpc) is 2.73. The van der Waals surface area contributed by atoms with Gasteiger partial charge in [0.2, 0.25) is 0 Å². The number of nitriles is 1. The van der Waals surface area contributed by atoms with E-state index in [0.29, 0.717) is 17.9 Å². The molecule has 4 heteroatoms. The summed E-state index contributed by atoms with van der Waals surface area (Å²) < 4.78 is 0. The Kier molecular flexibility index (Phi) is 7.61. The van der Waals surface area contributed by atoms with Crippen LogP contribution in [0.2, 0.25) is 0 Å². The van der Waals surface area contributed by atoms with Gasteiger partial charge < -0.3 is 5.32 Å². The first-order valence-corrected chi connectivity index (χ1v) is 12.0. The van der Waals surface area contributed by atoms with Crippen LogP contribution in [-0.2, 0) is 4.79 Å². The number of Topliss-reactive ketones (excluding diaryl/α,β-unsaturated/α-hetero) is 1. The van der Waals surface area contributed by atoms with Gasteiger partial charge in [-0.15, -0.1) is 11.8 Å². The van der Waals surface area contributed by atoms with Crippen molar-refractivity contribution < 1.29 is 4.79 Å². The Bertz CT molecular complexity index is 843. The van der Waals surface area contributed by atoms with Gasteiger partial charge in [0.1, 0.15) is 0 Å². The zero-order valence-electron chi connectivity index (χ0n) is 17.9. The highest BCUT2D eigenvalue weighted by molar-refractivity contribution is 8.03. The number of unbranched alkanes of at least 4 members (excludes halogenated alkanes) is 3. The molecule has 1 atom stereocenters. The molecule has 0 aromatic heterocycles. The predicted octanol–water partition coefficient (Wildman–Crippen LogP) is 6.55. The van der Waals surface area contributed by atoms with Gasteiger partial charge in [0, 0.05) is 17.7 Å². The lowest BCUT2D eigenvalue weighted by molar-refractivity contribution is -0.116. The predicted molar refractivity (Wildman–Crippen MR) is 122 cm³/mol. The van der Waals surface area contributed by atoms with Crippen LogP contribution in [0.15, 0.2) is 46.1 Å². The molecular formula is C25H32N2OS. The molecule has 0 unspecified atom stereocenters. The Morgan fingerprint density at radius 1 is 1.17 bits per heavy atom. The minimum atomic E-state index is -0.233. The zero-order valence-corrected chi connectivity index (χ0v) is 18.7. The molecule has 1 aromatic rings. The number of thioether (sulfide) groups is 1. The molecule has 3 rings (SSSR count). The van der Waals surface area contributed by atoms with Crippen molar-refractivity contribution in [3.8, 4) is 6.07 Å². The Morgan fingerprint density at radius 2 is 1.93 bits per heavy atom. The lowest BCUT2D eigenvalue weighted by atomic mass is 9.76. The quantitative estimate of drug-likeness (QED) is 0.495. The fourth-order valence-electron chi connectivity index (χ4n) is 4.15. The summed E-state index contributed by atoms with van der Waals surface area (Å²) in [6.45, 7) is 6.58. The molecule has 0 fully saturated rings. The van der Waals surface area contributed by atoms with E-state index in [9.17, 15) is 10.1 Å². The van der Waals surface area contributed by atoms with E-state index in [2.05, 4.69) is 56.4 Å². The molecule has 1 N–H and O–H groups in total. The molecule has 0 saturated heterocycles. The van der Waals surface area contributed by atoms with E-state index >= 15 is 0 Å².